The molecular formula is C18H16N2O5S. The van der Waals surface area contributed by atoms with Gasteiger partial charge in [0.15, 0.2) is 16.6 Å². The zero-order chi connectivity index (χ0) is 18.3. The zero-order valence-corrected chi connectivity index (χ0v) is 15.2. The number of carbonyl (C=O) groups is 1. The Bertz CT molecular complexity index is 1000. The van der Waals surface area contributed by atoms with Gasteiger partial charge in [-0.1, -0.05) is 11.3 Å². The number of aromatic nitrogens is 1. The molecule has 0 saturated heterocycles. The minimum absolute atomic E-state index is 0.368. The van der Waals surface area contributed by atoms with Crippen LogP contribution in [0.3, 0.4) is 0 Å². The number of hydrogen-bond donors (Lipinski definition) is 1. The number of fused-ring (bicyclic) bond motifs is 2. The minimum atomic E-state index is -0.639. The molecule has 4 rings (SSSR count). The van der Waals surface area contributed by atoms with Gasteiger partial charge in [0.05, 0.1) is 31.5 Å². The number of benzene rings is 2. The van der Waals surface area contributed by atoms with Gasteiger partial charge in [0.25, 0.3) is 0 Å². The Kier molecular flexibility index (Phi) is 4.04. The van der Waals surface area contributed by atoms with Gasteiger partial charge in [-0.3, -0.25) is 0 Å². The summed E-state index contributed by atoms with van der Waals surface area (Å²) < 4.78 is 22.3. The van der Waals surface area contributed by atoms with E-state index >= 15 is 0 Å². The molecule has 0 fully saturated rings. The molecule has 1 aromatic heterocycles. The molecule has 0 amide bonds. The third-order valence-corrected chi connectivity index (χ3v) is 5.09. The number of nitrogens with one attached hydrogen (secondary N) is 1. The lowest BCUT2D eigenvalue weighted by Gasteiger charge is -2.13. The molecule has 3 aromatic rings. The van der Waals surface area contributed by atoms with Crippen molar-refractivity contribution in [3.8, 4) is 17.2 Å². The lowest BCUT2D eigenvalue weighted by molar-refractivity contribution is 0.0435. The quantitative estimate of drug-likeness (QED) is 0.686. The van der Waals surface area contributed by atoms with Gasteiger partial charge in [0.1, 0.15) is 11.3 Å². The van der Waals surface area contributed by atoms with Crippen LogP contribution < -0.4 is 19.5 Å². The predicted octanol–water partition coefficient (Wildman–Crippen LogP) is 3.60. The Morgan fingerprint density at radius 3 is 2.69 bits per heavy atom. The van der Waals surface area contributed by atoms with Crippen LogP contribution in [0.2, 0.25) is 0 Å². The fraction of sp³-hybridized carbons (Fsp3) is 0.222. The third kappa shape index (κ3) is 2.59. The van der Waals surface area contributed by atoms with E-state index in [2.05, 4.69) is 10.3 Å². The summed E-state index contributed by atoms with van der Waals surface area (Å²) in [5.41, 5.74) is 1.90. The lowest BCUT2D eigenvalue weighted by Crippen LogP contribution is -2.09. The van der Waals surface area contributed by atoms with Crippen molar-refractivity contribution < 1.29 is 23.7 Å². The van der Waals surface area contributed by atoms with Crippen LogP contribution >= 0.6 is 11.3 Å². The Morgan fingerprint density at radius 2 is 1.96 bits per heavy atom. The molecule has 2 heterocycles. The summed E-state index contributed by atoms with van der Waals surface area (Å²) >= 11 is 1.46. The Balaban J connectivity index is 1.68. The second-order valence-electron chi connectivity index (χ2n) is 5.55. The SMILES string of the molecule is COc1ccc2nc(NC3OC(=O)c4c3ccc(OC)c4OC)sc2c1. The summed E-state index contributed by atoms with van der Waals surface area (Å²) in [7, 11) is 4.64. The van der Waals surface area contributed by atoms with Gasteiger partial charge in [-0.15, -0.1) is 0 Å². The van der Waals surface area contributed by atoms with Gasteiger partial charge in [-0.2, -0.15) is 0 Å². The second-order valence-corrected chi connectivity index (χ2v) is 6.58. The number of nitrogens with zero attached hydrogens (tertiary/aromatic N) is 1. The van der Waals surface area contributed by atoms with Crippen molar-refractivity contribution in [2.75, 3.05) is 26.6 Å². The summed E-state index contributed by atoms with van der Waals surface area (Å²) in [5, 5.41) is 3.82. The van der Waals surface area contributed by atoms with Crippen LogP contribution in [0.4, 0.5) is 5.13 Å². The van der Waals surface area contributed by atoms with Crippen LogP contribution in [0.5, 0.6) is 17.2 Å². The van der Waals surface area contributed by atoms with Crippen LogP contribution in [0.1, 0.15) is 22.1 Å². The van der Waals surface area contributed by atoms with Crippen LogP contribution in [-0.4, -0.2) is 32.3 Å². The molecule has 7 nitrogen and oxygen atoms in total. The molecule has 2 aromatic carbocycles. The number of cyclic esters (lactones) is 1. The number of rotatable bonds is 5. The van der Waals surface area contributed by atoms with Crippen molar-refractivity contribution in [2.24, 2.45) is 0 Å². The first-order valence-corrected chi connectivity index (χ1v) is 8.63. The van der Waals surface area contributed by atoms with Crippen LogP contribution in [-0.2, 0) is 4.74 Å². The number of methoxy groups -OCH3 is 3. The molecule has 1 N–H and O–H groups in total. The van der Waals surface area contributed by atoms with Crippen LogP contribution in [0.25, 0.3) is 10.2 Å². The van der Waals surface area contributed by atoms with Crippen molar-refractivity contribution in [1.29, 1.82) is 0 Å². The van der Waals surface area contributed by atoms with Crippen molar-refractivity contribution in [1.82, 2.24) is 4.98 Å². The maximum Gasteiger partial charge on any atom is 0.344 e. The number of esters is 1. The Hall–Kier alpha value is -3.00. The number of ether oxygens (including phenoxy) is 4. The van der Waals surface area contributed by atoms with Gasteiger partial charge in [-0.25, -0.2) is 9.78 Å². The van der Waals surface area contributed by atoms with E-state index in [9.17, 15) is 4.79 Å². The van der Waals surface area contributed by atoms with E-state index in [-0.39, 0.29) is 0 Å². The van der Waals surface area contributed by atoms with E-state index in [1.165, 1.54) is 25.6 Å². The molecule has 0 radical (unpaired) electrons. The Morgan fingerprint density at radius 1 is 1.12 bits per heavy atom. The van der Waals surface area contributed by atoms with E-state index in [0.717, 1.165) is 16.0 Å². The molecule has 8 heteroatoms. The van der Waals surface area contributed by atoms with Gasteiger partial charge in [-0.05, 0) is 30.3 Å². The average molecular weight is 372 g/mol. The van der Waals surface area contributed by atoms with Crippen LogP contribution in [0, 0.1) is 0 Å². The van der Waals surface area contributed by atoms with Crippen molar-refractivity contribution in [2.45, 2.75) is 6.23 Å². The maximum atomic E-state index is 12.3. The van der Waals surface area contributed by atoms with Gasteiger partial charge < -0.3 is 24.3 Å². The average Bonchev–Trinajstić information content (AvgIpc) is 3.20. The van der Waals surface area contributed by atoms with E-state index in [4.69, 9.17) is 18.9 Å². The first kappa shape index (κ1) is 16.5. The largest absolute Gasteiger partial charge is 0.497 e. The molecular weight excluding hydrogens is 356 g/mol. The smallest absolute Gasteiger partial charge is 0.344 e. The number of anilines is 1. The third-order valence-electron chi connectivity index (χ3n) is 4.14. The molecule has 0 spiro atoms. The van der Waals surface area contributed by atoms with Crippen molar-refractivity contribution in [3.05, 3.63) is 41.5 Å². The summed E-state index contributed by atoms with van der Waals surface area (Å²) in [5.74, 6) is 1.16. The number of thiazole rings is 1. The Labute approximate surface area is 153 Å². The molecule has 26 heavy (non-hydrogen) atoms. The summed E-state index contributed by atoms with van der Waals surface area (Å²) in [6, 6.07) is 9.19. The van der Waals surface area contributed by atoms with Gasteiger partial charge >= 0.3 is 5.97 Å². The molecule has 134 valence electrons. The molecule has 0 aliphatic carbocycles. The van der Waals surface area contributed by atoms with E-state index in [1.54, 1.807) is 19.2 Å². The monoisotopic (exact) mass is 372 g/mol. The van der Waals surface area contributed by atoms with E-state index in [1.807, 2.05) is 18.2 Å². The minimum Gasteiger partial charge on any atom is -0.497 e. The number of hydrogen-bond acceptors (Lipinski definition) is 8. The molecule has 1 unspecified atom stereocenters. The first-order chi connectivity index (χ1) is 12.6. The maximum absolute atomic E-state index is 12.3. The van der Waals surface area contributed by atoms with E-state index < -0.39 is 12.2 Å². The highest BCUT2D eigenvalue weighted by Crippen LogP contribution is 2.42. The normalized spacial score (nSPS) is 15.5. The van der Waals surface area contributed by atoms with Gasteiger partial charge in [0.2, 0.25) is 6.23 Å². The lowest BCUT2D eigenvalue weighted by atomic mass is 10.1. The fourth-order valence-electron chi connectivity index (χ4n) is 2.91. The highest BCUT2D eigenvalue weighted by molar-refractivity contribution is 7.22. The summed E-state index contributed by atoms with van der Waals surface area (Å²) in [4.78, 5) is 16.9. The molecule has 1 atom stereocenters. The molecule has 1 aliphatic rings. The topological polar surface area (TPSA) is 78.9 Å². The van der Waals surface area contributed by atoms with E-state index in [0.29, 0.717) is 27.8 Å². The molecule has 1 aliphatic heterocycles. The fourth-order valence-corrected chi connectivity index (χ4v) is 3.83. The number of carbonyl (C=O) groups excluding carboxylic acids is 1. The highest BCUT2D eigenvalue weighted by Gasteiger charge is 2.36. The first-order valence-electron chi connectivity index (χ1n) is 7.81. The van der Waals surface area contributed by atoms with Crippen LogP contribution in [0.15, 0.2) is 30.3 Å². The summed E-state index contributed by atoms with van der Waals surface area (Å²) in [6.45, 7) is 0. The summed E-state index contributed by atoms with van der Waals surface area (Å²) in [6.07, 6.45) is -0.639. The van der Waals surface area contributed by atoms with Crippen molar-refractivity contribution in [3.63, 3.8) is 0 Å². The second kappa shape index (κ2) is 6.38. The molecule has 0 bridgehead atoms. The van der Waals surface area contributed by atoms with Crippen molar-refractivity contribution >= 4 is 32.7 Å². The van der Waals surface area contributed by atoms with Gasteiger partial charge in [0, 0.05) is 5.56 Å². The standard InChI is InChI=1S/C18H16N2O5S/c1-22-9-4-6-11-13(8-9)26-18(19-11)20-16-10-5-7-12(23-2)15(24-3)14(10)17(21)25-16/h4-8,16H,1-3H3,(H,19,20). The highest BCUT2D eigenvalue weighted by atomic mass is 32.1. The predicted molar refractivity (Wildman–Crippen MR) is 97.5 cm³/mol. The molecule has 0 saturated carbocycles. The zero-order valence-electron chi connectivity index (χ0n) is 14.4.